The quantitative estimate of drug-likeness (QED) is 0.543. The van der Waals surface area contributed by atoms with Gasteiger partial charge in [-0.15, -0.1) is 0 Å². The lowest BCUT2D eigenvalue weighted by Crippen LogP contribution is -2.52. The molecule has 2 atom stereocenters. The lowest BCUT2D eigenvalue weighted by atomic mass is 10.1. The lowest BCUT2D eigenvalue weighted by molar-refractivity contribution is -0.139. The van der Waals surface area contributed by atoms with Gasteiger partial charge in [0.2, 0.25) is 21.8 Å². The van der Waals surface area contributed by atoms with E-state index in [-0.39, 0.29) is 29.2 Å². The molecule has 2 aromatic carbocycles. The molecule has 0 unspecified atom stereocenters. The van der Waals surface area contributed by atoms with Gasteiger partial charge in [0.1, 0.15) is 18.4 Å². The molecule has 2 rings (SSSR count). The van der Waals surface area contributed by atoms with Crippen molar-refractivity contribution in [3.8, 4) is 0 Å². The Labute approximate surface area is 199 Å². The van der Waals surface area contributed by atoms with E-state index in [1.807, 2.05) is 44.2 Å². The van der Waals surface area contributed by atoms with E-state index in [0.717, 1.165) is 34.7 Å². The van der Waals surface area contributed by atoms with Gasteiger partial charge < -0.3 is 10.2 Å². The number of nitrogens with zero attached hydrogens (tertiary/aromatic N) is 2. The summed E-state index contributed by atoms with van der Waals surface area (Å²) in [7, 11) is -3.91. The normalized spacial score (nSPS) is 13.2. The van der Waals surface area contributed by atoms with Crippen LogP contribution in [-0.2, 0) is 26.2 Å². The van der Waals surface area contributed by atoms with Gasteiger partial charge in [0.05, 0.1) is 17.0 Å². The molecule has 0 heterocycles. The molecular weight excluding hydrogens is 469 g/mol. The highest BCUT2D eigenvalue weighted by atomic mass is 35.5. The van der Waals surface area contributed by atoms with Gasteiger partial charge in [0, 0.05) is 12.6 Å². The van der Waals surface area contributed by atoms with Gasteiger partial charge in [-0.1, -0.05) is 48.9 Å². The van der Waals surface area contributed by atoms with Crippen LogP contribution in [0.15, 0.2) is 48.5 Å². The van der Waals surface area contributed by atoms with Gasteiger partial charge in [-0.25, -0.2) is 12.8 Å². The minimum atomic E-state index is -3.91. The Morgan fingerprint density at radius 2 is 1.76 bits per heavy atom. The Bertz CT molecular complexity index is 1080. The summed E-state index contributed by atoms with van der Waals surface area (Å²) in [6, 6.07) is 11.6. The number of carbonyl (C=O) groups excluding carboxylic acids is 2. The number of benzene rings is 2. The largest absolute Gasteiger partial charge is 0.352 e. The van der Waals surface area contributed by atoms with E-state index in [1.54, 1.807) is 6.92 Å². The average molecular weight is 498 g/mol. The fraction of sp³-hybridized carbons (Fsp3) is 0.391. The van der Waals surface area contributed by atoms with Gasteiger partial charge in [0.15, 0.2) is 0 Å². The number of nitrogens with one attached hydrogen (secondary N) is 1. The first-order valence-corrected chi connectivity index (χ1v) is 12.7. The summed E-state index contributed by atoms with van der Waals surface area (Å²) in [5, 5.41) is 2.59. The number of amides is 2. The van der Waals surface area contributed by atoms with Crippen molar-refractivity contribution in [2.75, 3.05) is 17.1 Å². The van der Waals surface area contributed by atoms with Crippen molar-refractivity contribution in [1.29, 1.82) is 0 Å². The van der Waals surface area contributed by atoms with Crippen LogP contribution >= 0.6 is 11.6 Å². The first kappa shape index (κ1) is 26.6. The highest BCUT2D eigenvalue weighted by molar-refractivity contribution is 7.92. The van der Waals surface area contributed by atoms with Gasteiger partial charge in [-0.3, -0.25) is 13.9 Å². The summed E-state index contributed by atoms with van der Waals surface area (Å²) in [5.41, 5.74) is 0.832. The smallest absolute Gasteiger partial charge is 0.244 e. The predicted octanol–water partition coefficient (Wildman–Crippen LogP) is 3.58. The van der Waals surface area contributed by atoms with Gasteiger partial charge >= 0.3 is 0 Å². The second-order valence-corrected chi connectivity index (χ2v) is 10.2. The minimum absolute atomic E-state index is 0.0496. The Hall–Kier alpha value is -2.65. The molecule has 0 spiro atoms. The maximum Gasteiger partial charge on any atom is 0.244 e. The zero-order valence-electron chi connectivity index (χ0n) is 19.1. The van der Waals surface area contributed by atoms with E-state index in [1.165, 1.54) is 11.0 Å². The number of rotatable bonds is 10. The molecule has 33 heavy (non-hydrogen) atoms. The SMILES string of the molecule is CC[C@@H](C)NC(=O)[C@@H](C)N(Cc1ccccc1)C(=O)CN(c1ccc(F)c(Cl)c1)S(C)(=O)=O. The van der Waals surface area contributed by atoms with Crippen molar-refractivity contribution in [2.45, 2.75) is 45.8 Å². The van der Waals surface area contributed by atoms with Crippen LogP contribution in [0, 0.1) is 5.82 Å². The molecule has 0 aliphatic carbocycles. The Morgan fingerprint density at radius 3 is 2.30 bits per heavy atom. The molecule has 1 N–H and O–H groups in total. The average Bonchev–Trinajstić information content (AvgIpc) is 2.76. The topological polar surface area (TPSA) is 86.8 Å². The van der Waals surface area contributed by atoms with Gasteiger partial charge in [-0.2, -0.15) is 0 Å². The second-order valence-electron chi connectivity index (χ2n) is 7.87. The van der Waals surface area contributed by atoms with Crippen LogP contribution in [0.25, 0.3) is 0 Å². The first-order valence-electron chi connectivity index (χ1n) is 10.5. The molecule has 0 saturated carbocycles. The molecule has 7 nitrogen and oxygen atoms in total. The fourth-order valence-electron chi connectivity index (χ4n) is 3.08. The van der Waals surface area contributed by atoms with Crippen LogP contribution in [0.3, 0.4) is 0 Å². The molecule has 180 valence electrons. The number of anilines is 1. The minimum Gasteiger partial charge on any atom is -0.352 e. The number of sulfonamides is 1. The van der Waals surface area contributed by atoms with E-state index in [9.17, 15) is 22.4 Å². The molecule has 0 fully saturated rings. The lowest BCUT2D eigenvalue weighted by Gasteiger charge is -2.32. The summed E-state index contributed by atoms with van der Waals surface area (Å²) in [5.74, 6) is -1.64. The van der Waals surface area contributed by atoms with Crippen molar-refractivity contribution in [3.05, 3.63) is 64.9 Å². The molecule has 0 saturated heterocycles. The van der Waals surface area contributed by atoms with Crippen LogP contribution in [0.4, 0.5) is 10.1 Å². The van der Waals surface area contributed by atoms with Crippen molar-refractivity contribution in [3.63, 3.8) is 0 Å². The Morgan fingerprint density at radius 1 is 1.12 bits per heavy atom. The maximum atomic E-state index is 13.6. The number of hydrogen-bond donors (Lipinski definition) is 1. The van der Waals surface area contributed by atoms with Crippen molar-refractivity contribution < 1.29 is 22.4 Å². The molecule has 10 heteroatoms. The van der Waals surface area contributed by atoms with E-state index in [0.29, 0.717) is 0 Å². The summed E-state index contributed by atoms with van der Waals surface area (Å²) >= 11 is 5.82. The summed E-state index contributed by atoms with van der Waals surface area (Å²) in [6.45, 7) is 4.92. The third-order valence-corrected chi connectivity index (χ3v) is 6.66. The molecule has 0 bridgehead atoms. The van der Waals surface area contributed by atoms with Crippen LogP contribution in [0.5, 0.6) is 0 Å². The van der Waals surface area contributed by atoms with Crippen LogP contribution in [0.1, 0.15) is 32.8 Å². The fourth-order valence-corrected chi connectivity index (χ4v) is 4.10. The third kappa shape index (κ3) is 7.43. The molecule has 0 aliphatic heterocycles. The summed E-state index contributed by atoms with van der Waals surface area (Å²) in [4.78, 5) is 27.5. The highest BCUT2D eigenvalue weighted by Crippen LogP contribution is 2.25. The molecule has 2 aromatic rings. The molecule has 0 aliphatic rings. The zero-order valence-corrected chi connectivity index (χ0v) is 20.7. The monoisotopic (exact) mass is 497 g/mol. The van der Waals surface area contributed by atoms with Crippen LogP contribution < -0.4 is 9.62 Å². The van der Waals surface area contributed by atoms with E-state index < -0.39 is 34.3 Å². The first-order chi connectivity index (χ1) is 15.4. The highest BCUT2D eigenvalue weighted by Gasteiger charge is 2.30. The Kier molecular flexibility index (Phi) is 9.25. The molecule has 0 radical (unpaired) electrons. The Balaban J connectivity index is 2.38. The zero-order chi connectivity index (χ0) is 24.8. The van der Waals surface area contributed by atoms with E-state index in [2.05, 4.69) is 5.32 Å². The van der Waals surface area contributed by atoms with Crippen molar-refractivity contribution in [1.82, 2.24) is 10.2 Å². The summed E-state index contributed by atoms with van der Waals surface area (Å²) in [6.07, 6.45) is 1.66. The second kappa shape index (κ2) is 11.5. The molecular formula is C23H29ClFN3O4S. The number of carbonyl (C=O) groups is 2. The van der Waals surface area contributed by atoms with Crippen molar-refractivity contribution in [2.24, 2.45) is 0 Å². The van der Waals surface area contributed by atoms with Crippen molar-refractivity contribution >= 4 is 39.1 Å². The number of halogens is 2. The van der Waals surface area contributed by atoms with Gasteiger partial charge in [-0.05, 0) is 44.0 Å². The molecule has 0 aromatic heterocycles. The van der Waals surface area contributed by atoms with Gasteiger partial charge in [0.25, 0.3) is 0 Å². The molecule has 2 amide bonds. The third-order valence-electron chi connectivity index (χ3n) is 5.23. The standard InChI is InChI=1S/C23H29ClFN3O4S/c1-5-16(2)26-23(30)17(3)27(14-18-9-7-6-8-10-18)22(29)15-28(33(4,31)32)19-11-12-21(25)20(24)13-19/h6-13,16-17H,5,14-15H2,1-4H3,(H,26,30)/t16-,17-/m1/s1. The summed E-state index contributed by atoms with van der Waals surface area (Å²) < 4.78 is 39.4. The van der Waals surface area contributed by atoms with Crippen LogP contribution in [-0.4, -0.2) is 50.0 Å². The number of hydrogen-bond acceptors (Lipinski definition) is 4. The van der Waals surface area contributed by atoms with E-state index >= 15 is 0 Å². The maximum absolute atomic E-state index is 13.6. The van der Waals surface area contributed by atoms with Crippen LogP contribution in [0.2, 0.25) is 5.02 Å². The predicted molar refractivity (Wildman–Crippen MR) is 128 cm³/mol. The van der Waals surface area contributed by atoms with E-state index in [4.69, 9.17) is 11.6 Å².